The van der Waals surface area contributed by atoms with Gasteiger partial charge in [0.05, 0.1) is 18.2 Å². The Morgan fingerprint density at radius 2 is 1.87 bits per heavy atom. The van der Waals surface area contributed by atoms with Gasteiger partial charge in [-0.05, 0) is 60.7 Å². The fourth-order valence-corrected chi connectivity index (χ4v) is 5.14. The highest BCUT2D eigenvalue weighted by atomic mass is 16.5. The monoisotopic (exact) mass is 513 g/mol. The number of anilines is 2. The van der Waals surface area contributed by atoms with Gasteiger partial charge in [0.1, 0.15) is 12.3 Å². The summed E-state index contributed by atoms with van der Waals surface area (Å²) < 4.78 is 10.6. The maximum Gasteiger partial charge on any atom is 0.326 e. The largest absolute Gasteiger partial charge is 0.482 e. The molecule has 2 N–H and O–H groups in total. The van der Waals surface area contributed by atoms with Crippen LogP contribution < -0.4 is 20.3 Å². The first-order valence-electron chi connectivity index (χ1n) is 12.9. The molecule has 3 aromatic rings. The molecule has 0 aliphatic carbocycles. The Morgan fingerprint density at radius 1 is 1.05 bits per heavy atom. The first-order chi connectivity index (χ1) is 18.5. The van der Waals surface area contributed by atoms with Crippen LogP contribution in [0.1, 0.15) is 24.8 Å². The Kier molecular flexibility index (Phi) is 7.70. The van der Waals surface area contributed by atoms with Gasteiger partial charge in [-0.15, -0.1) is 0 Å². The van der Waals surface area contributed by atoms with Gasteiger partial charge < -0.3 is 20.1 Å². The van der Waals surface area contributed by atoms with Crippen LogP contribution in [0, 0.1) is 5.92 Å². The lowest BCUT2D eigenvalue weighted by Crippen LogP contribution is -2.43. The van der Waals surface area contributed by atoms with Gasteiger partial charge in [0.15, 0.2) is 6.61 Å². The molecule has 1 saturated heterocycles. The van der Waals surface area contributed by atoms with Crippen molar-refractivity contribution in [2.24, 2.45) is 5.92 Å². The van der Waals surface area contributed by atoms with Crippen LogP contribution in [-0.4, -0.2) is 50.6 Å². The predicted octanol–water partition coefficient (Wildman–Crippen LogP) is 3.97. The highest BCUT2D eigenvalue weighted by Crippen LogP contribution is 2.36. The number of amides is 2. The smallest absolute Gasteiger partial charge is 0.326 e. The van der Waals surface area contributed by atoms with Gasteiger partial charge in [-0.25, -0.2) is 0 Å². The molecule has 0 spiro atoms. The highest BCUT2D eigenvalue weighted by Gasteiger charge is 2.33. The molecule has 0 saturated carbocycles. The Labute approximate surface area is 221 Å². The van der Waals surface area contributed by atoms with Gasteiger partial charge in [-0.2, -0.15) is 0 Å². The number of esters is 1. The number of piperidine rings is 1. The van der Waals surface area contributed by atoms with Crippen molar-refractivity contribution in [1.29, 1.82) is 0 Å². The van der Waals surface area contributed by atoms with Crippen molar-refractivity contribution in [3.05, 3.63) is 78.4 Å². The van der Waals surface area contributed by atoms with Crippen LogP contribution in [0.15, 0.2) is 72.8 Å². The van der Waals surface area contributed by atoms with Crippen LogP contribution in [0.3, 0.4) is 0 Å². The Balaban J connectivity index is 1.36. The summed E-state index contributed by atoms with van der Waals surface area (Å²) in [5.74, 6) is -0.697. The summed E-state index contributed by atoms with van der Waals surface area (Å²) in [6.07, 6.45) is 0.843. The quantitative estimate of drug-likeness (QED) is 0.464. The molecule has 196 valence electrons. The summed E-state index contributed by atoms with van der Waals surface area (Å²) in [4.78, 5) is 39.5. The number of carbonyl (C=O) groups is 3. The molecule has 2 heterocycles. The topological polar surface area (TPSA) is 97.0 Å². The molecule has 0 bridgehead atoms. The molecule has 3 aromatic carbocycles. The van der Waals surface area contributed by atoms with Crippen molar-refractivity contribution in [2.45, 2.75) is 19.3 Å². The zero-order valence-electron chi connectivity index (χ0n) is 21.3. The SMILES string of the molecule is CCOC(=O)CN1C(=O)COc2ccc(NC(=O)[C@H]3CNCC[C@@H]3c3cccc(-c4ccccc4)c3)cc21. The molecule has 8 heteroatoms. The van der Waals surface area contributed by atoms with Gasteiger partial charge in [-0.3, -0.25) is 19.3 Å². The van der Waals surface area contributed by atoms with Crippen LogP contribution in [-0.2, 0) is 19.1 Å². The third-order valence-electron chi connectivity index (χ3n) is 7.00. The zero-order chi connectivity index (χ0) is 26.5. The summed E-state index contributed by atoms with van der Waals surface area (Å²) in [6.45, 7) is 2.97. The summed E-state index contributed by atoms with van der Waals surface area (Å²) in [5, 5.41) is 6.39. The van der Waals surface area contributed by atoms with E-state index in [0.717, 1.165) is 29.7 Å². The van der Waals surface area contributed by atoms with Gasteiger partial charge in [0, 0.05) is 12.2 Å². The van der Waals surface area contributed by atoms with E-state index in [9.17, 15) is 14.4 Å². The summed E-state index contributed by atoms with van der Waals surface area (Å²) in [7, 11) is 0. The Bertz CT molecular complexity index is 1330. The molecular formula is C30H31N3O5. The van der Waals surface area contributed by atoms with Crippen LogP contribution in [0.25, 0.3) is 11.1 Å². The predicted molar refractivity (Wildman–Crippen MR) is 145 cm³/mol. The van der Waals surface area contributed by atoms with E-state index in [1.807, 2.05) is 24.3 Å². The number of nitrogens with one attached hydrogen (secondary N) is 2. The van der Waals surface area contributed by atoms with Crippen LogP contribution in [0.4, 0.5) is 11.4 Å². The standard InChI is InChI=1S/C30H31N3O5/c1-2-37-29(35)18-33-26-16-23(11-12-27(26)38-19-28(33)34)32-30(36)25-17-31-14-13-24(25)22-10-6-9-21(15-22)20-7-4-3-5-8-20/h3-12,15-16,24-25,31H,2,13-14,17-19H2,1H3,(H,32,36)/t24-,25+/m1/s1. The zero-order valence-corrected chi connectivity index (χ0v) is 21.3. The number of benzene rings is 3. The van der Waals surface area contributed by atoms with E-state index in [4.69, 9.17) is 9.47 Å². The van der Waals surface area contributed by atoms with E-state index in [-0.39, 0.29) is 43.4 Å². The molecule has 1 fully saturated rings. The molecule has 2 atom stereocenters. The van der Waals surface area contributed by atoms with E-state index in [0.29, 0.717) is 23.7 Å². The Hall–Kier alpha value is -4.17. The second-order valence-electron chi connectivity index (χ2n) is 9.44. The number of ether oxygens (including phenoxy) is 2. The van der Waals surface area contributed by atoms with Crippen molar-refractivity contribution in [2.75, 3.05) is 43.1 Å². The number of fused-ring (bicyclic) bond motifs is 1. The number of hydrogen-bond acceptors (Lipinski definition) is 6. The van der Waals surface area contributed by atoms with Crippen molar-refractivity contribution < 1.29 is 23.9 Å². The minimum absolute atomic E-state index is 0.0581. The molecule has 0 aromatic heterocycles. The highest BCUT2D eigenvalue weighted by molar-refractivity contribution is 6.02. The average molecular weight is 514 g/mol. The van der Waals surface area contributed by atoms with Gasteiger partial charge >= 0.3 is 5.97 Å². The molecule has 8 nitrogen and oxygen atoms in total. The molecule has 5 rings (SSSR count). The van der Waals surface area contributed by atoms with E-state index in [1.54, 1.807) is 25.1 Å². The first kappa shape index (κ1) is 25.5. The molecule has 2 aliphatic heterocycles. The lowest BCUT2D eigenvalue weighted by atomic mass is 9.80. The average Bonchev–Trinajstić information content (AvgIpc) is 2.95. The van der Waals surface area contributed by atoms with Crippen molar-refractivity contribution >= 4 is 29.2 Å². The molecule has 38 heavy (non-hydrogen) atoms. The van der Waals surface area contributed by atoms with Crippen LogP contribution >= 0.6 is 0 Å². The second-order valence-corrected chi connectivity index (χ2v) is 9.44. The van der Waals surface area contributed by atoms with Gasteiger partial charge in [-0.1, -0.05) is 54.6 Å². The number of nitrogens with zero attached hydrogens (tertiary/aromatic N) is 1. The maximum absolute atomic E-state index is 13.5. The second kappa shape index (κ2) is 11.5. The molecule has 2 amide bonds. The first-order valence-corrected chi connectivity index (χ1v) is 12.9. The van der Waals surface area contributed by atoms with E-state index in [1.165, 1.54) is 4.90 Å². The van der Waals surface area contributed by atoms with E-state index >= 15 is 0 Å². The molecular weight excluding hydrogens is 482 g/mol. The van der Waals surface area contributed by atoms with Crippen molar-refractivity contribution in [3.63, 3.8) is 0 Å². The fourth-order valence-electron chi connectivity index (χ4n) is 5.14. The fraction of sp³-hybridized carbons (Fsp3) is 0.300. The molecule has 2 aliphatic rings. The van der Waals surface area contributed by atoms with Crippen LogP contribution in [0.5, 0.6) is 5.75 Å². The van der Waals surface area contributed by atoms with E-state index in [2.05, 4.69) is 41.0 Å². The van der Waals surface area contributed by atoms with Gasteiger partial charge in [0.2, 0.25) is 5.91 Å². The van der Waals surface area contributed by atoms with Crippen LogP contribution in [0.2, 0.25) is 0 Å². The summed E-state index contributed by atoms with van der Waals surface area (Å²) in [6, 6.07) is 23.7. The number of hydrogen-bond donors (Lipinski definition) is 2. The third-order valence-corrected chi connectivity index (χ3v) is 7.00. The van der Waals surface area contributed by atoms with Crippen molar-refractivity contribution in [3.8, 4) is 16.9 Å². The lowest BCUT2D eigenvalue weighted by molar-refractivity contribution is -0.142. The maximum atomic E-state index is 13.5. The summed E-state index contributed by atoms with van der Waals surface area (Å²) in [5.41, 5.74) is 4.37. The minimum Gasteiger partial charge on any atom is -0.482 e. The molecule has 0 unspecified atom stereocenters. The minimum atomic E-state index is -0.503. The molecule has 0 radical (unpaired) electrons. The number of rotatable bonds is 7. The van der Waals surface area contributed by atoms with Crippen molar-refractivity contribution in [1.82, 2.24) is 5.32 Å². The normalized spacial score (nSPS) is 18.8. The van der Waals surface area contributed by atoms with Gasteiger partial charge in [0.25, 0.3) is 5.91 Å². The lowest BCUT2D eigenvalue weighted by Gasteiger charge is -2.32. The summed E-state index contributed by atoms with van der Waals surface area (Å²) >= 11 is 0. The third kappa shape index (κ3) is 5.55. The number of carbonyl (C=O) groups excluding carboxylic acids is 3. The van der Waals surface area contributed by atoms with E-state index < -0.39 is 5.97 Å². The Morgan fingerprint density at radius 3 is 2.68 bits per heavy atom.